The van der Waals surface area contributed by atoms with Gasteiger partial charge in [-0.25, -0.2) is 9.13 Å². The van der Waals surface area contributed by atoms with Crippen molar-refractivity contribution >= 4 is 39.5 Å². The van der Waals surface area contributed by atoms with Gasteiger partial charge in [0.1, 0.15) is 19.3 Å². The minimum atomic E-state index is -4.96. The summed E-state index contributed by atoms with van der Waals surface area (Å²) in [4.78, 5) is 73.0. The highest BCUT2D eigenvalue weighted by atomic mass is 31.2. The first-order valence-corrected chi connectivity index (χ1v) is 44.7. The Morgan fingerprint density at radius 2 is 0.485 bits per heavy atom. The lowest BCUT2D eigenvalue weighted by Gasteiger charge is -2.21. The van der Waals surface area contributed by atoms with Crippen molar-refractivity contribution in [2.75, 3.05) is 39.6 Å². The van der Waals surface area contributed by atoms with E-state index in [0.29, 0.717) is 25.7 Å². The van der Waals surface area contributed by atoms with E-state index in [4.69, 9.17) is 37.0 Å². The lowest BCUT2D eigenvalue weighted by molar-refractivity contribution is -0.161. The Morgan fingerprint density at radius 1 is 0.283 bits per heavy atom. The molecule has 0 aromatic rings. The Morgan fingerprint density at radius 3 is 0.717 bits per heavy atom. The second-order valence-electron chi connectivity index (χ2n) is 29.1. The number of carbonyl (C=O) groups excluding carboxylic acids is 4. The SMILES string of the molecule is CCCCCCCCCCCCCCCCCCCC(=O)OC[C@H](COP(=O)(O)OC[C@@H](O)COP(=O)(O)OC[C@@H](COC(=O)CCCCCCCCCCC(C)CC)OC(=O)CCCCCCCCCCCCCCC)OC(=O)CCCCCCCCCCCCCCCCCCC. The number of esters is 4. The molecule has 0 spiro atoms. The second kappa shape index (κ2) is 73.0. The van der Waals surface area contributed by atoms with Crippen LogP contribution in [-0.2, 0) is 65.4 Å². The van der Waals surface area contributed by atoms with Crippen LogP contribution in [0.1, 0.15) is 426 Å². The predicted octanol–water partition coefficient (Wildman–Crippen LogP) is 24.0. The number of phosphoric ester groups is 2. The molecular formula is C80H156O17P2. The molecule has 0 radical (unpaired) electrons. The van der Waals surface area contributed by atoms with E-state index in [1.165, 1.54) is 250 Å². The van der Waals surface area contributed by atoms with Gasteiger partial charge in [-0.3, -0.25) is 37.3 Å². The molecular weight excluding hydrogens is 1290 g/mol. The fourth-order valence-electron chi connectivity index (χ4n) is 12.4. The van der Waals surface area contributed by atoms with Gasteiger partial charge in [-0.2, -0.15) is 0 Å². The van der Waals surface area contributed by atoms with E-state index in [1.54, 1.807) is 0 Å². The molecule has 588 valence electrons. The monoisotopic (exact) mass is 1450 g/mol. The van der Waals surface area contributed by atoms with Crippen molar-refractivity contribution in [1.29, 1.82) is 0 Å². The normalized spacial score (nSPS) is 14.1. The summed E-state index contributed by atoms with van der Waals surface area (Å²) in [5.41, 5.74) is 0. The van der Waals surface area contributed by atoms with E-state index in [9.17, 15) is 43.2 Å². The fourth-order valence-corrected chi connectivity index (χ4v) is 14.0. The third-order valence-corrected chi connectivity index (χ3v) is 21.0. The number of hydrogen-bond acceptors (Lipinski definition) is 15. The third kappa shape index (κ3) is 72.8. The second-order valence-corrected chi connectivity index (χ2v) is 32.0. The maximum Gasteiger partial charge on any atom is 0.472 e. The molecule has 99 heavy (non-hydrogen) atoms. The molecule has 0 aliphatic rings. The van der Waals surface area contributed by atoms with Crippen molar-refractivity contribution in [3.8, 4) is 0 Å². The zero-order valence-electron chi connectivity index (χ0n) is 64.6. The maximum absolute atomic E-state index is 13.1. The summed E-state index contributed by atoms with van der Waals surface area (Å²) in [5.74, 6) is -1.33. The van der Waals surface area contributed by atoms with Crippen molar-refractivity contribution in [2.24, 2.45) is 5.92 Å². The molecule has 0 saturated carbocycles. The van der Waals surface area contributed by atoms with Gasteiger partial charge in [-0.15, -0.1) is 0 Å². The summed E-state index contributed by atoms with van der Waals surface area (Å²) in [7, 11) is -9.92. The summed E-state index contributed by atoms with van der Waals surface area (Å²) < 4.78 is 68.7. The standard InChI is InChI=1S/C80H156O17P2/c1-6-10-13-16-19-22-25-28-30-32-34-37-39-42-48-53-58-63-77(82)90-69-75(96-80(85)66-61-56-51-44-41-38-35-33-31-29-26-23-20-17-14-11-7-2)71-94-98(86,87)92-67-74(81)68-93-99(88,89)95-72-76(70-91-78(83)64-59-54-49-46-45-47-52-57-62-73(5)9-4)97-79(84)65-60-55-50-43-40-36-27-24-21-18-15-12-8-3/h73-76,81H,6-72H2,1-5H3,(H,86,87)(H,88,89)/t73?,74-,75-,76-/m1/s1. The van der Waals surface area contributed by atoms with Gasteiger partial charge < -0.3 is 33.8 Å². The van der Waals surface area contributed by atoms with Crippen LogP contribution in [-0.4, -0.2) is 96.7 Å². The van der Waals surface area contributed by atoms with Crippen LogP contribution >= 0.6 is 15.6 Å². The lowest BCUT2D eigenvalue weighted by Crippen LogP contribution is -2.30. The van der Waals surface area contributed by atoms with Crippen molar-refractivity contribution in [3.63, 3.8) is 0 Å². The van der Waals surface area contributed by atoms with Gasteiger partial charge in [0.2, 0.25) is 0 Å². The quantitative estimate of drug-likeness (QED) is 0.0222. The smallest absolute Gasteiger partial charge is 0.462 e. The van der Waals surface area contributed by atoms with E-state index in [2.05, 4.69) is 34.6 Å². The van der Waals surface area contributed by atoms with Crippen LogP contribution in [0, 0.1) is 5.92 Å². The molecule has 0 heterocycles. The van der Waals surface area contributed by atoms with Gasteiger partial charge in [0.15, 0.2) is 12.2 Å². The van der Waals surface area contributed by atoms with Crippen LogP contribution in [0.25, 0.3) is 0 Å². The molecule has 17 nitrogen and oxygen atoms in total. The number of aliphatic hydroxyl groups excluding tert-OH is 1. The van der Waals surface area contributed by atoms with E-state index < -0.39 is 97.5 Å². The molecule has 0 saturated heterocycles. The van der Waals surface area contributed by atoms with E-state index in [1.807, 2.05) is 0 Å². The zero-order valence-corrected chi connectivity index (χ0v) is 66.4. The third-order valence-electron chi connectivity index (χ3n) is 19.1. The molecule has 0 bridgehead atoms. The minimum absolute atomic E-state index is 0.108. The summed E-state index contributed by atoms with van der Waals surface area (Å²) in [5, 5.41) is 10.6. The molecule has 0 aliphatic heterocycles. The van der Waals surface area contributed by atoms with Crippen LogP contribution in [0.5, 0.6) is 0 Å². The minimum Gasteiger partial charge on any atom is -0.462 e. The fraction of sp³-hybridized carbons (Fsp3) is 0.950. The molecule has 0 aromatic carbocycles. The number of ether oxygens (including phenoxy) is 4. The summed E-state index contributed by atoms with van der Waals surface area (Å²) in [6.45, 7) is 7.33. The first kappa shape index (κ1) is 97.1. The number of hydrogen-bond donors (Lipinski definition) is 3. The predicted molar refractivity (Wildman–Crippen MR) is 405 cm³/mol. The Bertz CT molecular complexity index is 1890. The number of unbranched alkanes of at least 4 members (excludes halogenated alkanes) is 51. The van der Waals surface area contributed by atoms with Crippen LogP contribution < -0.4 is 0 Å². The first-order chi connectivity index (χ1) is 48.1. The molecule has 0 amide bonds. The Hall–Kier alpha value is -1.94. The molecule has 0 rings (SSSR count). The molecule has 6 atom stereocenters. The van der Waals surface area contributed by atoms with E-state index in [0.717, 1.165) is 95.8 Å². The largest absolute Gasteiger partial charge is 0.472 e. The summed E-state index contributed by atoms with van der Waals surface area (Å²) in [6.07, 6.45) is 63.6. The Labute approximate surface area is 607 Å². The van der Waals surface area contributed by atoms with Crippen molar-refractivity contribution in [1.82, 2.24) is 0 Å². The molecule has 0 aliphatic carbocycles. The summed E-state index contributed by atoms with van der Waals surface area (Å²) in [6, 6.07) is 0. The van der Waals surface area contributed by atoms with Gasteiger partial charge in [-0.05, 0) is 31.6 Å². The van der Waals surface area contributed by atoms with E-state index in [-0.39, 0.29) is 25.7 Å². The first-order valence-electron chi connectivity index (χ1n) is 41.7. The van der Waals surface area contributed by atoms with Crippen molar-refractivity contribution in [2.45, 2.75) is 445 Å². The van der Waals surface area contributed by atoms with Crippen molar-refractivity contribution in [3.05, 3.63) is 0 Å². The van der Waals surface area contributed by atoms with Gasteiger partial charge in [-0.1, -0.05) is 375 Å². The molecule has 0 fully saturated rings. The van der Waals surface area contributed by atoms with Gasteiger partial charge >= 0.3 is 39.5 Å². The Kier molecular flexibility index (Phi) is 71.6. The highest BCUT2D eigenvalue weighted by Gasteiger charge is 2.30. The number of aliphatic hydroxyl groups is 1. The van der Waals surface area contributed by atoms with Crippen LogP contribution in [0.4, 0.5) is 0 Å². The topological polar surface area (TPSA) is 237 Å². The highest BCUT2D eigenvalue weighted by Crippen LogP contribution is 2.45. The molecule has 19 heteroatoms. The van der Waals surface area contributed by atoms with Crippen molar-refractivity contribution < 1.29 is 80.2 Å². The number of phosphoric acid groups is 2. The molecule has 3 N–H and O–H groups in total. The van der Waals surface area contributed by atoms with Crippen LogP contribution in [0.2, 0.25) is 0 Å². The van der Waals surface area contributed by atoms with Crippen LogP contribution in [0.15, 0.2) is 0 Å². The zero-order chi connectivity index (χ0) is 72.7. The van der Waals surface area contributed by atoms with Gasteiger partial charge in [0.25, 0.3) is 0 Å². The van der Waals surface area contributed by atoms with Gasteiger partial charge in [0, 0.05) is 25.7 Å². The molecule has 0 aromatic heterocycles. The Balaban J connectivity index is 5.26. The number of rotatable bonds is 80. The summed E-state index contributed by atoms with van der Waals surface area (Å²) >= 11 is 0. The average Bonchev–Trinajstić information content (AvgIpc) is 1.24. The van der Waals surface area contributed by atoms with E-state index >= 15 is 0 Å². The molecule has 3 unspecified atom stereocenters. The van der Waals surface area contributed by atoms with Gasteiger partial charge in [0.05, 0.1) is 26.4 Å². The highest BCUT2D eigenvalue weighted by molar-refractivity contribution is 7.47. The van der Waals surface area contributed by atoms with Crippen LogP contribution in [0.3, 0.4) is 0 Å². The maximum atomic E-state index is 13.1. The lowest BCUT2D eigenvalue weighted by atomic mass is 9.99. The average molecular weight is 1450 g/mol. The number of carbonyl (C=O) groups is 4.